The molecule has 0 fully saturated rings. The molecule has 0 amide bonds. The number of benzene rings is 1. The Balaban J connectivity index is 0.00000392. The SMILES string of the molecule is CCNC(=NCc1csc(N(C)C)n1)NC(C)c1cc(OC)ccc1OC.I. The van der Waals surface area contributed by atoms with Crippen LogP contribution in [0.5, 0.6) is 11.5 Å². The minimum absolute atomic E-state index is 0. The molecule has 1 unspecified atom stereocenters. The Kier molecular flexibility index (Phi) is 10.4. The molecule has 1 aromatic carbocycles. The number of halogens is 1. The van der Waals surface area contributed by atoms with E-state index in [-0.39, 0.29) is 30.0 Å². The highest BCUT2D eigenvalue weighted by Gasteiger charge is 2.14. The molecule has 2 aromatic rings. The number of nitrogens with one attached hydrogen (secondary N) is 2. The predicted octanol–water partition coefficient (Wildman–Crippen LogP) is 3.66. The summed E-state index contributed by atoms with van der Waals surface area (Å²) in [5.74, 6) is 2.33. The summed E-state index contributed by atoms with van der Waals surface area (Å²) in [6.45, 7) is 5.40. The van der Waals surface area contributed by atoms with Gasteiger partial charge in [-0.25, -0.2) is 9.98 Å². The van der Waals surface area contributed by atoms with Crippen molar-refractivity contribution in [2.75, 3.05) is 39.8 Å². The number of aliphatic imine (C=N–C) groups is 1. The first-order valence-corrected chi connectivity index (χ1v) is 9.74. The molecule has 28 heavy (non-hydrogen) atoms. The summed E-state index contributed by atoms with van der Waals surface area (Å²) in [5, 5.41) is 9.73. The Morgan fingerprint density at radius 1 is 1.29 bits per heavy atom. The maximum atomic E-state index is 5.49. The van der Waals surface area contributed by atoms with Crippen molar-refractivity contribution in [1.29, 1.82) is 0 Å². The first-order chi connectivity index (χ1) is 13.0. The zero-order valence-electron chi connectivity index (χ0n) is 17.3. The minimum Gasteiger partial charge on any atom is -0.497 e. The smallest absolute Gasteiger partial charge is 0.192 e. The Hall–Kier alpha value is -1.75. The van der Waals surface area contributed by atoms with Gasteiger partial charge in [0.15, 0.2) is 11.1 Å². The van der Waals surface area contributed by atoms with Crippen LogP contribution < -0.4 is 25.0 Å². The second kappa shape index (κ2) is 11.9. The second-order valence-electron chi connectivity index (χ2n) is 6.18. The van der Waals surface area contributed by atoms with E-state index in [4.69, 9.17) is 9.47 Å². The first kappa shape index (κ1) is 24.3. The lowest BCUT2D eigenvalue weighted by Gasteiger charge is -2.20. The predicted molar refractivity (Wildman–Crippen MR) is 128 cm³/mol. The fourth-order valence-corrected chi connectivity index (χ4v) is 3.26. The molecule has 0 spiro atoms. The molecular weight excluding hydrogens is 489 g/mol. The average Bonchev–Trinajstić information content (AvgIpc) is 3.15. The van der Waals surface area contributed by atoms with Crippen LogP contribution in [0.25, 0.3) is 0 Å². The zero-order valence-corrected chi connectivity index (χ0v) is 20.4. The van der Waals surface area contributed by atoms with E-state index in [9.17, 15) is 0 Å². The van der Waals surface area contributed by atoms with E-state index in [1.54, 1.807) is 25.6 Å². The first-order valence-electron chi connectivity index (χ1n) is 8.87. The monoisotopic (exact) mass is 519 g/mol. The van der Waals surface area contributed by atoms with Crippen LogP contribution in [0.4, 0.5) is 5.13 Å². The lowest BCUT2D eigenvalue weighted by molar-refractivity contribution is 0.394. The van der Waals surface area contributed by atoms with Crippen LogP contribution in [0.2, 0.25) is 0 Å². The molecule has 0 radical (unpaired) electrons. The van der Waals surface area contributed by atoms with Gasteiger partial charge < -0.3 is 25.0 Å². The number of thiazole rings is 1. The van der Waals surface area contributed by atoms with E-state index in [0.717, 1.165) is 40.4 Å². The van der Waals surface area contributed by atoms with Gasteiger partial charge in [-0.05, 0) is 32.0 Å². The molecule has 1 atom stereocenters. The molecule has 2 N–H and O–H groups in total. The third kappa shape index (κ3) is 6.69. The van der Waals surface area contributed by atoms with Gasteiger partial charge in [0.1, 0.15) is 11.5 Å². The van der Waals surface area contributed by atoms with Crippen LogP contribution in [-0.4, -0.2) is 45.8 Å². The molecule has 2 rings (SSSR count). The normalized spacial score (nSPS) is 12.0. The second-order valence-corrected chi connectivity index (χ2v) is 7.02. The van der Waals surface area contributed by atoms with Crippen LogP contribution in [0.1, 0.15) is 31.1 Å². The number of methoxy groups -OCH3 is 2. The number of hydrogen-bond acceptors (Lipinski definition) is 6. The molecule has 7 nitrogen and oxygen atoms in total. The van der Waals surface area contributed by atoms with Gasteiger partial charge in [-0.3, -0.25) is 0 Å². The number of anilines is 1. The zero-order chi connectivity index (χ0) is 19.8. The molecule has 0 aliphatic carbocycles. The highest BCUT2D eigenvalue weighted by Crippen LogP contribution is 2.29. The largest absolute Gasteiger partial charge is 0.497 e. The number of aromatic nitrogens is 1. The topological polar surface area (TPSA) is 71.0 Å². The minimum atomic E-state index is -0.0133. The Bertz CT molecular complexity index is 767. The molecule has 156 valence electrons. The fraction of sp³-hybridized carbons (Fsp3) is 0.474. The van der Waals surface area contributed by atoms with Crippen molar-refractivity contribution in [2.45, 2.75) is 26.4 Å². The van der Waals surface area contributed by atoms with Crippen molar-refractivity contribution in [2.24, 2.45) is 4.99 Å². The number of ether oxygens (including phenoxy) is 2. The number of rotatable bonds is 8. The van der Waals surface area contributed by atoms with E-state index in [0.29, 0.717) is 6.54 Å². The van der Waals surface area contributed by atoms with Gasteiger partial charge in [-0.1, -0.05) is 0 Å². The van der Waals surface area contributed by atoms with Gasteiger partial charge in [0, 0.05) is 31.6 Å². The van der Waals surface area contributed by atoms with Gasteiger partial charge in [0.25, 0.3) is 0 Å². The van der Waals surface area contributed by atoms with Crippen molar-refractivity contribution in [1.82, 2.24) is 15.6 Å². The third-order valence-corrected chi connectivity index (χ3v) is 4.98. The van der Waals surface area contributed by atoms with E-state index >= 15 is 0 Å². The van der Waals surface area contributed by atoms with Crippen molar-refractivity contribution < 1.29 is 9.47 Å². The number of guanidine groups is 1. The van der Waals surface area contributed by atoms with E-state index < -0.39 is 0 Å². The molecule has 0 aliphatic heterocycles. The summed E-state index contributed by atoms with van der Waals surface area (Å²) < 4.78 is 10.8. The van der Waals surface area contributed by atoms with E-state index in [1.165, 1.54) is 0 Å². The van der Waals surface area contributed by atoms with Crippen LogP contribution >= 0.6 is 35.3 Å². The molecule has 0 saturated heterocycles. The summed E-state index contributed by atoms with van der Waals surface area (Å²) in [7, 11) is 7.30. The standard InChI is InChI=1S/C19H29N5O2S.HI/c1-7-20-18(21-11-14-12-27-19(23-14)24(3)4)22-13(2)16-10-15(25-5)8-9-17(16)26-6;/h8-10,12-13H,7,11H2,1-6H3,(H2,20,21,22);1H. The molecule has 0 saturated carbocycles. The fourth-order valence-electron chi connectivity index (χ4n) is 2.52. The van der Waals surface area contributed by atoms with Crippen molar-refractivity contribution in [3.05, 3.63) is 34.8 Å². The molecule has 9 heteroatoms. The molecule has 1 aromatic heterocycles. The summed E-state index contributed by atoms with van der Waals surface area (Å²) >= 11 is 1.62. The van der Waals surface area contributed by atoms with Gasteiger partial charge >= 0.3 is 0 Å². The van der Waals surface area contributed by atoms with E-state index in [2.05, 4.69) is 27.5 Å². The Morgan fingerprint density at radius 2 is 2.04 bits per heavy atom. The molecule has 0 aliphatic rings. The molecular formula is C19H30IN5O2S. The summed E-state index contributed by atoms with van der Waals surface area (Å²) in [5.41, 5.74) is 1.96. The lowest BCUT2D eigenvalue weighted by Crippen LogP contribution is -2.38. The number of hydrogen-bond donors (Lipinski definition) is 2. The van der Waals surface area contributed by atoms with Gasteiger partial charge in [0.2, 0.25) is 0 Å². The van der Waals surface area contributed by atoms with Crippen LogP contribution in [-0.2, 0) is 6.54 Å². The highest BCUT2D eigenvalue weighted by molar-refractivity contribution is 14.0. The van der Waals surface area contributed by atoms with Crippen molar-refractivity contribution >= 4 is 46.4 Å². The Morgan fingerprint density at radius 3 is 2.61 bits per heavy atom. The maximum Gasteiger partial charge on any atom is 0.192 e. The van der Waals surface area contributed by atoms with Crippen LogP contribution in [0.3, 0.4) is 0 Å². The quantitative estimate of drug-likeness (QED) is 0.315. The lowest BCUT2D eigenvalue weighted by atomic mass is 10.1. The molecule has 1 heterocycles. The number of nitrogens with zero attached hydrogens (tertiary/aromatic N) is 3. The van der Waals surface area contributed by atoms with Gasteiger partial charge in [0.05, 0.1) is 32.5 Å². The highest BCUT2D eigenvalue weighted by atomic mass is 127. The van der Waals surface area contributed by atoms with Crippen molar-refractivity contribution in [3.63, 3.8) is 0 Å². The third-order valence-electron chi connectivity index (χ3n) is 3.92. The summed E-state index contributed by atoms with van der Waals surface area (Å²) in [6.07, 6.45) is 0. The summed E-state index contributed by atoms with van der Waals surface area (Å²) in [4.78, 5) is 11.2. The Labute approximate surface area is 188 Å². The average molecular weight is 519 g/mol. The molecule has 0 bridgehead atoms. The van der Waals surface area contributed by atoms with Crippen LogP contribution in [0, 0.1) is 0 Å². The summed E-state index contributed by atoms with van der Waals surface area (Å²) in [6, 6.07) is 5.76. The van der Waals surface area contributed by atoms with Gasteiger partial charge in [-0.2, -0.15) is 0 Å². The van der Waals surface area contributed by atoms with Gasteiger partial charge in [-0.15, -0.1) is 35.3 Å². The maximum absolute atomic E-state index is 5.49. The van der Waals surface area contributed by atoms with Crippen LogP contribution in [0.15, 0.2) is 28.6 Å². The van der Waals surface area contributed by atoms with E-state index in [1.807, 2.05) is 49.5 Å². The van der Waals surface area contributed by atoms with Crippen molar-refractivity contribution in [3.8, 4) is 11.5 Å².